The van der Waals surface area contributed by atoms with Crippen molar-refractivity contribution in [2.45, 2.75) is 12.3 Å². The maximum atomic E-state index is 5.21. The Bertz CT molecular complexity index is 2730. The molecule has 7 aromatic carbocycles. The van der Waals surface area contributed by atoms with Crippen LogP contribution in [0.3, 0.4) is 0 Å². The van der Waals surface area contributed by atoms with Crippen LogP contribution in [0.1, 0.15) is 23.6 Å². The van der Waals surface area contributed by atoms with Crippen molar-refractivity contribution in [3.63, 3.8) is 0 Å². The third-order valence-corrected chi connectivity index (χ3v) is 11.7. The van der Waals surface area contributed by atoms with Gasteiger partial charge < -0.3 is 0 Å². The molecule has 2 heterocycles. The van der Waals surface area contributed by atoms with Gasteiger partial charge in [0.1, 0.15) is 0 Å². The first-order valence-electron chi connectivity index (χ1n) is 17.4. The number of hydrogen-bond donors (Lipinski definition) is 0. The van der Waals surface area contributed by atoms with E-state index in [2.05, 4.69) is 165 Å². The van der Waals surface area contributed by atoms with Crippen molar-refractivity contribution in [1.29, 1.82) is 0 Å². The Labute approximate surface area is 301 Å². The zero-order valence-electron chi connectivity index (χ0n) is 28.0. The Balaban J connectivity index is 1.11. The first-order valence-corrected chi connectivity index (χ1v) is 18.2. The number of benzene rings is 7. The van der Waals surface area contributed by atoms with E-state index in [4.69, 9.17) is 9.97 Å². The normalized spacial score (nSPS) is 13.0. The van der Waals surface area contributed by atoms with E-state index >= 15 is 0 Å². The van der Waals surface area contributed by atoms with Crippen LogP contribution >= 0.6 is 11.3 Å². The number of rotatable bonds is 5. The lowest BCUT2D eigenvalue weighted by Gasteiger charge is -2.28. The van der Waals surface area contributed by atoms with Crippen LogP contribution in [0.2, 0.25) is 0 Å². The molecule has 10 rings (SSSR count). The summed E-state index contributed by atoms with van der Waals surface area (Å²) in [6.07, 6.45) is 0. The fourth-order valence-corrected chi connectivity index (χ4v) is 9.06. The summed E-state index contributed by atoms with van der Waals surface area (Å²) in [7, 11) is 0. The van der Waals surface area contributed by atoms with Crippen molar-refractivity contribution < 1.29 is 0 Å². The molecule has 0 aliphatic heterocycles. The average Bonchev–Trinajstić information content (AvgIpc) is 3.71. The summed E-state index contributed by atoms with van der Waals surface area (Å²) < 4.78 is 2.63. The molecule has 0 radical (unpaired) electrons. The highest BCUT2D eigenvalue weighted by Crippen LogP contribution is 2.52. The van der Waals surface area contributed by atoms with Crippen molar-refractivity contribution >= 4 is 31.5 Å². The van der Waals surface area contributed by atoms with Gasteiger partial charge >= 0.3 is 0 Å². The Morgan fingerprint density at radius 1 is 0.412 bits per heavy atom. The number of nitrogens with zero attached hydrogens (tertiary/aromatic N) is 2. The summed E-state index contributed by atoms with van der Waals surface area (Å²) in [4.78, 5) is 10.4. The van der Waals surface area contributed by atoms with Gasteiger partial charge in [-0.25, -0.2) is 9.97 Å². The second-order valence-electron chi connectivity index (χ2n) is 13.5. The van der Waals surface area contributed by atoms with Gasteiger partial charge in [-0.15, -0.1) is 11.3 Å². The summed E-state index contributed by atoms with van der Waals surface area (Å²) in [6.45, 7) is 2.36. The van der Waals surface area contributed by atoms with Gasteiger partial charge in [0.25, 0.3) is 0 Å². The highest BCUT2D eigenvalue weighted by atomic mass is 32.1. The molecule has 0 amide bonds. The van der Waals surface area contributed by atoms with Crippen LogP contribution in [0, 0.1) is 0 Å². The van der Waals surface area contributed by atoms with Crippen LogP contribution in [0.4, 0.5) is 0 Å². The van der Waals surface area contributed by atoms with Crippen LogP contribution in [0.5, 0.6) is 0 Å². The lowest BCUT2D eigenvalue weighted by molar-refractivity contribution is 0.714. The maximum absolute atomic E-state index is 5.21. The lowest BCUT2D eigenvalue weighted by atomic mass is 9.74. The molecule has 0 atom stereocenters. The minimum atomic E-state index is -0.287. The van der Waals surface area contributed by atoms with Crippen LogP contribution in [-0.2, 0) is 5.41 Å². The van der Waals surface area contributed by atoms with E-state index in [9.17, 15) is 0 Å². The molecular formula is C48H32N2S. The smallest absolute Gasteiger partial charge is 0.160 e. The van der Waals surface area contributed by atoms with Gasteiger partial charge in [0.05, 0.1) is 11.4 Å². The molecule has 0 N–H and O–H groups in total. The molecule has 0 fully saturated rings. The van der Waals surface area contributed by atoms with Crippen LogP contribution in [0.15, 0.2) is 176 Å². The largest absolute Gasteiger partial charge is 0.228 e. The lowest BCUT2D eigenvalue weighted by Crippen LogP contribution is -2.22. The molecule has 3 heteroatoms. The third-order valence-electron chi connectivity index (χ3n) is 10.6. The van der Waals surface area contributed by atoms with Crippen LogP contribution in [-0.4, -0.2) is 9.97 Å². The van der Waals surface area contributed by atoms with E-state index in [0.717, 1.165) is 28.1 Å². The zero-order valence-corrected chi connectivity index (χ0v) is 28.9. The molecule has 1 aliphatic carbocycles. The second-order valence-corrected chi connectivity index (χ2v) is 14.6. The molecule has 240 valence electrons. The predicted octanol–water partition coefficient (Wildman–Crippen LogP) is 12.8. The molecule has 2 aromatic heterocycles. The molecule has 1 aliphatic rings. The summed E-state index contributed by atoms with van der Waals surface area (Å²) in [5.74, 6) is 0.716. The second kappa shape index (κ2) is 11.7. The van der Waals surface area contributed by atoms with E-state index in [1.165, 1.54) is 59.1 Å². The van der Waals surface area contributed by atoms with E-state index in [0.29, 0.717) is 5.82 Å². The van der Waals surface area contributed by atoms with Crippen molar-refractivity contribution in [2.75, 3.05) is 0 Å². The standard InChI is InChI=1S/C48H32N2S/c1-48(41-22-8-5-19-37(41)38-20-6-9-23-42(38)48)36-18-12-17-35(28-36)44-30-43(49-47(50-44)31-13-3-2-4-14-31)34-16-11-15-32(27-34)33-25-26-46-40(29-33)39-21-7-10-24-45(39)51-46/h2-30H,1H3. The summed E-state index contributed by atoms with van der Waals surface area (Å²) in [6, 6.07) is 63.3. The monoisotopic (exact) mass is 668 g/mol. The highest BCUT2D eigenvalue weighted by molar-refractivity contribution is 7.25. The molecular weight excluding hydrogens is 637 g/mol. The first kappa shape index (κ1) is 29.7. The molecule has 0 bridgehead atoms. The number of fused-ring (bicyclic) bond motifs is 6. The van der Waals surface area contributed by atoms with Gasteiger partial charge in [-0.05, 0) is 82.3 Å². The fraction of sp³-hybridized carbons (Fsp3) is 0.0417. The molecule has 0 saturated carbocycles. The zero-order chi connectivity index (χ0) is 33.9. The molecule has 0 saturated heterocycles. The van der Waals surface area contributed by atoms with Gasteiger partial charge in [-0.3, -0.25) is 0 Å². The van der Waals surface area contributed by atoms with Crippen molar-refractivity contribution in [1.82, 2.24) is 9.97 Å². The number of thiophene rings is 1. The van der Waals surface area contributed by atoms with E-state index in [1.54, 1.807) is 0 Å². The summed E-state index contributed by atoms with van der Waals surface area (Å²) in [5, 5.41) is 2.61. The van der Waals surface area contributed by atoms with Gasteiger partial charge in [0, 0.05) is 42.3 Å². The van der Waals surface area contributed by atoms with E-state index in [-0.39, 0.29) is 5.41 Å². The van der Waals surface area contributed by atoms with Crippen molar-refractivity contribution in [3.8, 4) is 56.2 Å². The first-order chi connectivity index (χ1) is 25.1. The predicted molar refractivity (Wildman–Crippen MR) is 214 cm³/mol. The number of aromatic nitrogens is 2. The van der Waals surface area contributed by atoms with Gasteiger partial charge in [0.15, 0.2) is 5.82 Å². The SMILES string of the molecule is CC1(c2cccc(-c3cc(-c4cccc(-c5ccc6sc7ccccc7c6c5)c4)nc(-c4ccccc4)n3)c2)c2ccccc2-c2ccccc21. The Hall–Kier alpha value is -6.16. The minimum absolute atomic E-state index is 0.287. The van der Waals surface area contributed by atoms with Gasteiger partial charge in [0.2, 0.25) is 0 Å². The summed E-state index contributed by atoms with van der Waals surface area (Å²) >= 11 is 1.85. The molecule has 9 aromatic rings. The van der Waals surface area contributed by atoms with Crippen molar-refractivity contribution in [3.05, 3.63) is 193 Å². The maximum Gasteiger partial charge on any atom is 0.160 e. The molecule has 0 unspecified atom stereocenters. The van der Waals surface area contributed by atoms with Gasteiger partial charge in [-0.2, -0.15) is 0 Å². The average molecular weight is 669 g/mol. The highest BCUT2D eigenvalue weighted by Gasteiger charge is 2.40. The quantitative estimate of drug-likeness (QED) is 0.182. The molecule has 51 heavy (non-hydrogen) atoms. The molecule has 2 nitrogen and oxygen atoms in total. The van der Waals surface area contributed by atoms with Crippen molar-refractivity contribution in [2.24, 2.45) is 0 Å². The minimum Gasteiger partial charge on any atom is -0.228 e. The van der Waals surface area contributed by atoms with Gasteiger partial charge in [-0.1, -0.05) is 140 Å². The van der Waals surface area contributed by atoms with Crippen LogP contribution < -0.4 is 0 Å². The Morgan fingerprint density at radius 2 is 0.980 bits per heavy atom. The fourth-order valence-electron chi connectivity index (χ4n) is 7.98. The molecule has 0 spiro atoms. The summed E-state index contributed by atoms with van der Waals surface area (Å²) in [5.41, 5.74) is 13.5. The topological polar surface area (TPSA) is 25.8 Å². The van der Waals surface area contributed by atoms with Crippen LogP contribution in [0.25, 0.3) is 76.3 Å². The van der Waals surface area contributed by atoms with E-state index in [1.807, 2.05) is 29.5 Å². The Morgan fingerprint density at radius 3 is 1.75 bits per heavy atom. The Kier molecular flexibility index (Phi) is 6.83. The number of hydrogen-bond acceptors (Lipinski definition) is 3. The third kappa shape index (κ3) is 4.85. The van der Waals surface area contributed by atoms with E-state index < -0.39 is 0 Å².